The van der Waals surface area contributed by atoms with Crippen LogP contribution in [0.25, 0.3) is 0 Å². The third-order valence-electron chi connectivity index (χ3n) is 3.06. The van der Waals surface area contributed by atoms with E-state index in [1.807, 2.05) is 0 Å². The number of nitrogens with zero attached hydrogens (tertiary/aromatic N) is 2. The predicted molar refractivity (Wildman–Crippen MR) is 76.5 cm³/mol. The standard InChI is InChI=1S/C13H13N3O6/c1-13(17,12-3-2-6-22-12)8-14-10-5-4-9(15(18)19)7-11(10)16(20)21/h2-7,14,17H,8H2,1H3. The summed E-state index contributed by atoms with van der Waals surface area (Å²) < 4.78 is 5.10. The zero-order valence-electron chi connectivity index (χ0n) is 11.6. The van der Waals surface area contributed by atoms with Crippen LogP contribution in [0.1, 0.15) is 12.7 Å². The van der Waals surface area contributed by atoms with Gasteiger partial charge in [0.2, 0.25) is 0 Å². The lowest BCUT2D eigenvalue weighted by molar-refractivity contribution is -0.393. The maximum absolute atomic E-state index is 11.0. The number of hydrogen-bond acceptors (Lipinski definition) is 7. The van der Waals surface area contributed by atoms with Crippen LogP contribution in [0.4, 0.5) is 17.1 Å². The van der Waals surface area contributed by atoms with Gasteiger partial charge in [0.1, 0.15) is 17.0 Å². The van der Waals surface area contributed by atoms with E-state index >= 15 is 0 Å². The molecule has 0 radical (unpaired) electrons. The summed E-state index contributed by atoms with van der Waals surface area (Å²) in [4.78, 5) is 20.2. The number of non-ortho nitro benzene ring substituents is 1. The number of nitrogens with one attached hydrogen (secondary N) is 1. The zero-order chi connectivity index (χ0) is 16.3. The molecule has 1 aromatic carbocycles. The molecule has 0 saturated carbocycles. The molecule has 9 nitrogen and oxygen atoms in total. The molecule has 1 atom stereocenters. The number of furan rings is 1. The summed E-state index contributed by atoms with van der Waals surface area (Å²) >= 11 is 0. The molecule has 0 aliphatic heterocycles. The fourth-order valence-electron chi connectivity index (χ4n) is 1.87. The van der Waals surface area contributed by atoms with Crippen molar-refractivity contribution in [2.45, 2.75) is 12.5 Å². The lowest BCUT2D eigenvalue weighted by Gasteiger charge is -2.21. The second-order valence-electron chi connectivity index (χ2n) is 4.82. The van der Waals surface area contributed by atoms with Gasteiger partial charge in [0.15, 0.2) is 0 Å². The molecular weight excluding hydrogens is 294 g/mol. The van der Waals surface area contributed by atoms with Crippen LogP contribution >= 0.6 is 0 Å². The molecule has 1 aromatic heterocycles. The van der Waals surface area contributed by atoms with Crippen LogP contribution in [0, 0.1) is 20.2 Å². The second-order valence-corrected chi connectivity index (χ2v) is 4.82. The molecule has 9 heteroatoms. The Hall–Kier alpha value is -2.94. The molecule has 22 heavy (non-hydrogen) atoms. The van der Waals surface area contributed by atoms with Gasteiger partial charge in [-0.15, -0.1) is 0 Å². The fourth-order valence-corrected chi connectivity index (χ4v) is 1.87. The van der Waals surface area contributed by atoms with Gasteiger partial charge in [0.25, 0.3) is 11.4 Å². The van der Waals surface area contributed by atoms with Crippen molar-refractivity contribution in [2.75, 3.05) is 11.9 Å². The minimum absolute atomic E-state index is 0.0703. The summed E-state index contributed by atoms with van der Waals surface area (Å²) in [5.74, 6) is 0.296. The van der Waals surface area contributed by atoms with E-state index in [4.69, 9.17) is 4.42 Å². The van der Waals surface area contributed by atoms with E-state index in [-0.39, 0.29) is 17.9 Å². The Bertz CT molecular complexity index is 696. The normalized spacial score (nSPS) is 13.4. The zero-order valence-corrected chi connectivity index (χ0v) is 11.6. The fraction of sp³-hybridized carbons (Fsp3) is 0.231. The van der Waals surface area contributed by atoms with Gasteiger partial charge in [-0.1, -0.05) is 0 Å². The first-order valence-electron chi connectivity index (χ1n) is 6.24. The molecule has 2 rings (SSSR count). The van der Waals surface area contributed by atoms with Crippen LogP contribution in [0.3, 0.4) is 0 Å². The first-order chi connectivity index (χ1) is 10.3. The van der Waals surface area contributed by atoms with Gasteiger partial charge >= 0.3 is 0 Å². The largest absolute Gasteiger partial charge is 0.466 e. The van der Waals surface area contributed by atoms with Gasteiger partial charge in [0.05, 0.1) is 28.7 Å². The highest BCUT2D eigenvalue weighted by Gasteiger charge is 2.28. The van der Waals surface area contributed by atoms with Gasteiger partial charge in [-0.2, -0.15) is 0 Å². The maximum Gasteiger partial charge on any atom is 0.299 e. The minimum Gasteiger partial charge on any atom is -0.466 e. The molecule has 0 spiro atoms. The summed E-state index contributed by atoms with van der Waals surface area (Å²) in [6.07, 6.45) is 1.40. The Morgan fingerprint density at radius 1 is 1.27 bits per heavy atom. The summed E-state index contributed by atoms with van der Waals surface area (Å²) in [6, 6.07) is 6.43. The summed E-state index contributed by atoms with van der Waals surface area (Å²) in [5, 5.41) is 34.7. The predicted octanol–water partition coefficient (Wildman–Crippen LogP) is 2.42. The molecule has 2 aromatic rings. The van der Waals surface area contributed by atoms with E-state index in [0.29, 0.717) is 5.76 Å². The average molecular weight is 307 g/mol. The Morgan fingerprint density at radius 3 is 2.55 bits per heavy atom. The lowest BCUT2D eigenvalue weighted by atomic mass is 10.0. The third kappa shape index (κ3) is 3.20. The van der Waals surface area contributed by atoms with Gasteiger partial charge in [-0.25, -0.2) is 0 Å². The molecule has 0 aliphatic carbocycles. The Labute approximate surface area is 124 Å². The van der Waals surface area contributed by atoms with E-state index in [2.05, 4.69) is 5.32 Å². The Balaban J connectivity index is 2.22. The van der Waals surface area contributed by atoms with E-state index in [0.717, 1.165) is 12.1 Å². The van der Waals surface area contributed by atoms with Crippen molar-refractivity contribution < 1.29 is 19.4 Å². The van der Waals surface area contributed by atoms with Crippen LogP contribution in [0.15, 0.2) is 41.0 Å². The van der Waals surface area contributed by atoms with Crippen molar-refractivity contribution in [3.8, 4) is 0 Å². The number of aliphatic hydroxyl groups is 1. The monoisotopic (exact) mass is 307 g/mol. The molecule has 0 bridgehead atoms. The highest BCUT2D eigenvalue weighted by Crippen LogP contribution is 2.30. The SMILES string of the molecule is CC(O)(CNc1ccc([N+](=O)[O-])cc1[N+](=O)[O-])c1ccco1. The number of benzene rings is 1. The van der Waals surface area contributed by atoms with E-state index in [1.54, 1.807) is 12.1 Å². The van der Waals surface area contributed by atoms with Crippen LogP contribution in [-0.4, -0.2) is 21.5 Å². The Morgan fingerprint density at radius 2 is 2.00 bits per heavy atom. The van der Waals surface area contributed by atoms with Crippen LogP contribution < -0.4 is 5.32 Å². The van der Waals surface area contributed by atoms with Gasteiger partial charge in [0, 0.05) is 6.07 Å². The maximum atomic E-state index is 11.0. The number of rotatable bonds is 6. The molecule has 116 valence electrons. The highest BCUT2D eigenvalue weighted by molar-refractivity contribution is 5.65. The Kier molecular flexibility index (Phi) is 4.08. The molecule has 1 unspecified atom stereocenters. The summed E-state index contributed by atoms with van der Waals surface area (Å²) in [5.41, 5.74) is -2.14. The molecule has 0 amide bonds. The first-order valence-corrected chi connectivity index (χ1v) is 6.24. The average Bonchev–Trinajstić information content (AvgIpc) is 2.99. The summed E-state index contributed by atoms with van der Waals surface area (Å²) in [6.45, 7) is 1.41. The second kappa shape index (κ2) is 5.82. The number of anilines is 1. The molecular formula is C13H13N3O6. The number of nitro groups is 2. The topological polar surface area (TPSA) is 132 Å². The molecule has 1 heterocycles. The van der Waals surface area contributed by atoms with Crippen molar-refractivity contribution in [3.63, 3.8) is 0 Å². The van der Waals surface area contributed by atoms with Gasteiger partial charge in [-0.3, -0.25) is 20.2 Å². The molecule has 0 fully saturated rings. The highest BCUT2D eigenvalue weighted by atomic mass is 16.6. The minimum atomic E-state index is -1.39. The van der Waals surface area contributed by atoms with E-state index in [9.17, 15) is 25.3 Å². The molecule has 2 N–H and O–H groups in total. The number of nitro benzene ring substituents is 2. The van der Waals surface area contributed by atoms with Crippen molar-refractivity contribution in [1.29, 1.82) is 0 Å². The van der Waals surface area contributed by atoms with Crippen molar-refractivity contribution in [1.82, 2.24) is 0 Å². The smallest absolute Gasteiger partial charge is 0.299 e. The van der Waals surface area contributed by atoms with Gasteiger partial charge in [-0.05, 0) is 25.1 Å². The quantitative estimate of drug-likeness (QED) is 0.618. The van der Waals surface area contributed by atoms with Crippen molar-refractivity contribution in [2.24, 2.45) is 0 Å². The van der Waals surface area contributed by atoms with Crippen LogP contribution in [0.5, 0.6) is 0 Å². The molecule has 0 aliphatic rings. The van der Waals surface area contributed by atoms with E-state index < -0.39 is 21.1 Å². The van der Waals surface area contributed by atoms with Crippen LogP contribution in [0.2, 0.25) is 0 Å². The first kappa shape index (κ1) is 15.4. The van der Waals surface area contributed by atoms with Gasteiger partial charge < -0.3 is 14.8 Å². The molecule has 0 saturated heterocycles. The van der Waals surface area contributed by atoms with Crippen molar-refractivity contribution >= 4 is 17.1 Å². The van der Waals surface area contributed by atoms with Crippen molar-refractivity contribution in [3.05, 3.63) is 62.6 Å². The lowest BCUT2D eigenvalue weighted by Crippen LogP contribution is -2.30. The number of hydrogen-bond donors (Lipinski definition) is 2. The summed E-state index contributed by atoms with van der Waals surface area (Å²) in [7, 11) is 0. The van der Waals surface area contributed by atoms with Crippen LogP contribution in [-0.2, 0) is 5.60 Å². The third-order valence-corrected chi connectivity index (χ3v) is 3.06. The van der Waals surface area contributed by atoms with E-state index in [1.165, 1.54) is 19.3 Å².